The SMILES string of the molecule is CBONC. The quantitative estimate of drug-likeness (QED) is 0.352. The van der Waals surface area contributed by atoms with Crippen molar-refractivity contribution in [3.8, 4) is 0 Å². The largest absolute Gasteiger partial charge is 0.369 e. The van der Waals surface area contributed by atoms with Gasteiger partial charge in [-0.3, -0.25) is 0 Å². The van der Waals surface area contributed by atoms with Crippen molar-refractivity contribution >= 4 is 7.48 Å². The minimum Gasteiger partial charge on any atom is -0.369 e. The minimum atomic E-state index is 0.733. The van der Waals surface area contributed by atoms with Crippen LogP contribution in [0, 0.1) is 0 Å². The Balaban J connectivity index is 2.19. The molecule has 5 heavy (non-hydrogen) atoms. The molecule has 0 unspecified atom stereocenters. The van der Waals surface area contributed by atoms with Gasteiger partial charge in [0.25, 0.3) is 0 Å². The zero-order chi connectivity index (χ0) is 4.12. The zero-order valence-corrected chi connectivity index (χ0v) is 3.62. The van der Waals surface area contributed by atoms with Crippen LogP contribution in [-0.4, -0.2) is 14.5 Å². The van der Waals surface area contributed by atoms with Crippen molar-refractivity contribution in [1.82, 2.24) is 5.48 Å². The molecule has 0 fully saturated rings. The number of hydroxylamine groups is 1. The van der Waals surface area contributed by atoms with E-state index in [2.05, 4.69) is 10.2 Å². The van der Waals surface area contributed by atoms with E-state index in [1.165, 1.54) is 0 Å². The molecule has 1 N–H and O–H groups in total. The van der Waals surface area contributed by atoms with Gasteiger partial charge in [-0.2, -0.15) is 0 Å². The lowest BCUT2D eigenvalue weighted by atomic mass is 10.1. The van der Waals surface area contributed by atoms with E-state index in [1.807, 2.05) is 6.82 Å². The molecule has 0 aromatic rings. The molecule has 0 aliphatic carbocycles. The summed E-state index contributed by atoms with van der Waals surface area (Å²) in [5.74, 6) is 0. The molecule has 0 aromatic carbocycles. The van der Waals surface area contributed by atoms with E-state index in [0.717, 1.165) is 7.48 Å². The van der Waals surface area contributed by atoms with Crippen LogP contribution in [0.1, 0.15) is 0 Å². The van der Waals surface area contributed by atoms with Gasteiger partial charge in [0.15, 0.2) is 0 Å². The fourth-order valence-electron chi connectivity index (χ4n) is 0.144. The maximum atomic E-state index is 4.58. The highest BCUT2D eigenvalue weighted by molar-refractivity contribution is 6.24. The lowest BCUT2D eigenvalue weighted by Gasteiger charge is -1.87. The third kappa shape index (κ3) is 3.98. The van der Waals surface area contributed by atoms with Crippen molar-refractivity contribution in [3.05, 3.63) is 0 Å². The summed E-state index contributed by atoms with van der Waals surface area (Å²) < 4.78 is 4.58. The Labute approximate surface area is 32.7 Å². The van der Waals surface area contributed by atoms with Crippen LogP contribution in [-0.2, 0) is 4.76 Å². The highest BCUT2D eigenvalue weighted by atomic mass is 16.6. The van der Waals surface area contributed by atoms with Gasteiger partial charge in [-0.05, 0) is 0 Å². The van der Waals surface area contributed by atoms with Crippen molar-refractivity contribution in [2.75, 3.05) is 7.05 Å². The van der Waals surface area contributed by atoms with Crippen LogP contribution >= 0.6 is 0 Å². The predicted molar refractivity (Wildman–Crippen MR) is 23.2 cm³/mol. The van der Waals surface area contributed by atoms with Crippen LogP contribution in [0.25, 0.3) is 0 Å². The Bertz CT molecular complexity index is 17.1. The molecular formula is C2H8BNO. The summed E-state index contributed by atoms with van der Waals surface area (Å²) in [6.45, 7) is 1.93. The van der Waals surface area contributed by atoms with Crippen LogP contribution in [0.3, 0.4) is 0 Å². The highest BCUT2D eigenvalue weighted by Crippen LogP contribution is 1.49. The Morgan fingerprint density at radius 2 is 2.40 bits per heavy atom. The van der Waals surface area contributed by atoms with Crippen LogP contribution in [0.2, 0.25) is 6.82 Å². The Kier molecular flexibility index (Phi) is 3.97. The maximum absolute atomic E-state index is 4.58. The molecule has 0 radical (unpaired) electrons. The molecule has 0 aromatic heterocycles. The molecule has 3 heteroatoms. The van der Waals surface area contributed by atoms with Crippen LogP contribution in [0.15, 0.2) is 0 Å². The zero-order valence-electron chi connectivity index (χ0n) is 3.62. The highest BCUT2D eigenvalue weighted by Gasteiger charge is 1.67. The third-order valence-corrected chi connectivity index (χ3v) is 0.289. The predicted octanol–water partition coefficient (Wildman–Crippen LogP) is -0.463. The van der Waals surface area contributed by atoms with Crippen molar-refractivity contribution in [2.24, 2.45) is 0 Å². The first-order chi connectivity index (χ1) is 2.41. The molecule has 0 heterocycles. The van der Waals surface area contributed by atoms with Gasteiger partial charge >= 0.3 is 7.48 Å². The van der Waals surface area contributed by atoms with Crippen molar-refractivity contribution < 1.29 is 4.76 Å². The average molecular weight is 72.9 g/mol. The number of hydrogen-bond donors (Lipinski definition) is 1. The molecule has 0 rings (SSSR count). The molecule has 0 saturated carbocycles. The van der Waals surface area contributed by atoms with E-state index in [1.54, 1.807) is 7.05 Å². The fourth-order valence-corrected chi connectivity index (χ4v) is 0.144. The molecule has 0 spiro atoms. The van der Waals surface area contributed by atoms with Gasteiger partial charge in [-0.15, -0.1) is 0 Å². The summed E-state index contributed by atoms with van der Waals surface area (Å²) in [4.78, 5) is 0. The first kappa shape index (κ1) is 4.98. The van der Waals surface area contributed by atoms with Gasteiger partial charge in [-0.1, -0.05) is 6.82 Å². The fraction of sp³-hybridized carbons (Fsp3) is 1.00. The molecule has 2 nitrogen and oxygen atoms in total. The molecule has 0 bridgehead atoms. The topological polar surface area (TPSA) is 21.3 Å². The van der Waals surface area contributed by atoms with E-state index in [0.29, 0.717) is 0 Å². The number of hydrogen-bond acceptors (Lipinski definition) is 2. The summed E-state index contributed by atoms with van der Waals surface area (Å²) in [7, 11) is 2.47. The van der Waals surface area contributed by atoms with Crippen LogP contribution in [0.5, 0.6) is 0 Å². The van der Waals surface area contributed by atoms with E-state index in [4.69, 9.17) is 0 Å². The Hall–Kier alpha value is -0.0151. The molecule has 0 aliphatic heterocycles. The first-order valence-corrected chi connectivity index (χ1v) is 1.70. The van der Waals surface area contributed by atoms with Crippen molar-refractivity contribution in [2.45, 2.75) is 6.82 Å². The van der Waals surface area contributed by atoms with Gasteiger partial charge in [0.1, 0.15) is 0 Å². The monoisotopic (exact) mass is 73.1 g/mol. The van der Waals surface area contributed by atoms with Crippen LogP contribution < -0.4 is 5.48 Å². The second kappa shape index (κ2) is 3.98. The maximum Gasteiger partial charge on any atom is 0.301 e. The normalized spacial score (nSPS) is 7.60. The summed E-state index contributed by atoms with van der Waals surface area (Å²) in [6, 6.07) is 0. The lowest BCUT2D eigenvalue weighted by molar-refractivity contribution is 0.239. The second-order valence-electron chi connectivity index (χ2n) is 0.637. The van der Waals surface area contributed by atoms with Gasteiger partial charge in [0.05, 0.1) is 0 Å². The molecule has 0 saturated heterocycles. The minimum absolute atomic E-state index is 0.733. The molecular weight excluding hydrogens is 64.8 g/mol. The first-order valence-electron chi connectivity index (χ1n) is 1.70. The number of nitrogens with one attached hydrogen (secondary N) is 1. The van der Waals surface area contributed by atoms with E-state index < -0.39 is 0 Å². The molecule has 30 valence electrons. The van der Waals surface area contributed by atoms with E-state index >= 15 is 0 Å². The average Bonchev–Trinajstić information content (AvgIpc) is 1.41. The molecule has 0 amide bonds. The smallest absolute Gasteiger partial charge is 0.301 e. The van der Waals surface area contributed by atoms with Gasteiger partial charge in [-0.25, -0.2) is 5.48 Å². The summed E-state index contributed by atoms with van der Waals surface area (Å²) in [5, 5.41) is 0. The van der Waals surface area contributed by atoms with Gasteiger partial charge in [0.2, 0.25) is 0 Å². The van der Waals surface area contributed by atoms with Gasteiger partial charge < -0.3 is 4.76 Å². The Morgan fingerprint density at radius 3 is 2.40 bits per heavy atom. The lowest BCUT2D eigenvalue weighted by Crippen LogP contribution is -2.07. The summed E-state index contributed by atoms with van der Waals surface area (Å²) >= 11 is 0. The second-order valence-corrected chi connectivity index (χ2v) is 0.637. The van der Waals surface area contributed by atoms with Crippen LogP contribution in [0.4, 0.5) is 0 Å². The van der Waals surface area contributed by atoms with E-state index in [9.17, 15) is 0 Å². The van der Waals surface area contributed by atoms with Crippen molar-refractivity contribution in [1.29, 1.82) is 0 Å². The third-order valence-electron chi connectivity index (χ3n) is 0.289. The Morgan fingerprint density at radius 1 is 1.80 bits per heavy atom. The molecule has 0 aliphatic rings. The summed E-state index contributed by atoms with van der Waals surface area (Å²) in [6.07, 6.45) is 0. The summed E-state index contributed by atoms with van der Waals surface area (Å²) in [5.41, 5.74) is 2.52. The van der Waals surface area contributed by atoms with Crippen molar-refractivity contribution in [3.63, 3.8) is 0 Å². The standard InChI is InChI=1S/C2H8BNO/c1-3-5-4-2/h3-4H,1-2H3. The van der Waals surface area contributed by atoms with Gasteiger partial charge in [0, 0.05) is 7.05 Å². The number of rotatable bonds is 2. The molecule has 0 atom stereocenters. The van der Waals surface area contributed by atoms with E-state index in [-0.39, 0.29) is 0 Å².